The Hall–Kier alpha value is -1.29. The summed E-state index contributed by atoms with van der Waals surface area (Å²) in [5, 5.41) is 11.9. The van der Waals surface area contributed by atoms with E-state index in [1.54, 1.807) is 18.5 Å². The molecule has 0 saturated carbocycles. The first-order chi connectivity index (χ1) is 7.55. The summed E-state index contributed by atoms with van der Waals surface area (Å²) >= 11 is 0. The molecule has 3 N–H and O–H groups in total. The molecule has 4 heteroatoms. The van der Waals surface area contributed by atoms with Gasteiger partial charge in [0.2, 0.25) is 0 Å². The molecule has 1 amide bonds. The minimum Gasteiger partial charge on any atom is -0.396 e. The maximum Gasteiger partial charge on any atom is 0.252 e. The normalized spacial score (nSPS) is 11.4. The third-order valence-electron chi connectivity index (χ3n) is 2.60. The summed E-state index contributed by atoms with van der Waals surface area (Å²) in [5.74, 6) is -0.0527. The van der Waals surface area contributed by atoms with Crippen LogP contribution in [0.3, 0.4) is 0 Å². The van der Waals surface area contributed by atoms with Crippen LogP contribution >= 0.6 is 0 Å². The van der Waals surface area contributed by atoms with Crippen LogP contribution in [0.1, 0.15) is 37.0 Å². The maximum absolute atomic E-state index is 11.5. The second-order valence-corrected chi connectivity index (χ2v) is 4.78. The molecule has 0 atom stereocenters. The summed E-state index contributed by atoms with van der Waals surface area (Å²) in [4.78, 5) is 14.4. The third kappa shape index (κ3) is 4.06. The molecule has 16 heavy (non-hydrogen) atoms. The molecule has 0 aromatic carbocycles. The zero-order valence-corrected chi connectivity index (χ0v) is 9.92. The number of H-pyrrole nitrogens is 1. The fraction of sp³-hybridized carbons (Fsp3) is 0.583. The predicted molar refractivity (Wildman–Crippen MR) is 63.2 cm³/mol. The molecule has 4 nitrogen and oxygen atoms in total. The lowest BCUT2D eigenvalue weighted by Gasteiger charge is -2.21. The van der Waals surface area contributed by atoms with E-state index in [1.807, 2.05) is 13.8 Å². The van der Waals surface area contributed by atoms with E-state index in [0.717, 1.165) is 12.8 Å². The molecule has 1 aromatic rings. The number of aliphatic hydroxyl groups is 1. The summed E-state index contributed by atoms with van der Waals surface area (Å²) in [6.07, 6.45) is 5.18. The molecule has 90 valence electrons. The van der Waals surface area contributed by atoms with Gasteiger partial charge in [0.15, 0.2) is 0 Å². The van der Waals surface area contributed by atoms with Crippen LogP contribution in [0, 0.1) is 5.41 Å². The van der Waals surface area contributed by atoms with E-state index >= 15 is 0 Å². The highest BCUT2D eigenvalue weighted by molar-refractivity contribution is 5.93. The molecule has 0 radical (unpaired) electrons. The molecule has 0 spiro atoms. The van der Waals surface area contributed by atoms with Gasteiger partial charge >= 0.3 is 0 Å². The Labute approximate surface area is 96.1 Å². The van der Waals surface area contributed by atoms with Crippen molar-refractivity contribution in [2.75, 3.05) is 13.2 Å². The highest BCUT2D eigenvalue weighted by atomic mass is 16.3. The minimum absolute atomic E-state index is 0.0527. The molecule has 1 aromatic heterocycles. The highest BCUT2D eigenvalue weighted by Crippen LogP contribution is 2.20. The zero-order valence-electron chi connectivity index (χ0n) is 9.92. The fourth-order valence-corrected chi connectivity index (χ4v) is 1.42. The molecule has 1 heterocycles. The molecular weight excluding hydrogens is 204 g/mol. The number of carbonyl (C=O) groups is 1. The van der Waals surface area contributed by atoms with Crippen molar-refractivity contribution < 1.29 is 9.90 Å². The highest BCUT2D eigenvalue weighted by Gasteiger charge is 2.15. The summed E-state index contributed by atoms with van der Waals surface area (Å²) in [5.41, 5.74) is 0.597. The van der Waals surface area contributed by atoms with Gasteiger partial charge in [0.1, 0.15) is 0 Å². The standard InChI is InChI=1S/C12H20N2O2/c1-12(2,9-15)5-3-6-14-11(16)10-4-7-13-8-10/h4,7-8,13,15H,3,5-6,9H2,1-2H3,(H,14,16). The van der Waals surface area contributed by atoms with Crippen LogP contribution < -0.4 is 5.32 Å². The Balaban J connectivity index is 2.19. The van der Waals surface area contributed by atoms with Crippen molar-refractivity contribution in [3.8, 4) is 0 Å². The van der Waals surface area contributed by atoms with Crippen molar-refractivity contribution in [1.29, 1.82) is 0 Å². The Bertz CT molecular complexity index is 318. The Morgan fingerprint density at radius 3 is 2.88 bits per heavy atom. The molecule has 0 aliphatic rings. The number of amides is 1. The summed E-state index contributed by atoms with van der Waals surface area (Å²) in [6, 6.07) is 1.74. The first kappa shape index (κ1) is 12.8. The Kier molecular flexibility index (Phi) is 4.55. The monoisotopic (exact) mass is 224 g/mol. The van der Waals surface area contributed by atoms with Crippen molar-refractivity contribution >= 4 is 5.91 Å². The van der Waals surface area contributed by atoms with Gasteiger partial charge in [-0.1, -0.05) is 13.8 Å². The summed E-state index contributed by atoms with van der Waals surface area (Å²) in [6.45, 7) is 4.86. The number of nitrogens with one attached hydrogen (secondary N) is 2. The number of aliphatic hydroxyl groups excluding tert-OH is 1. The van der Waals surface area contributed by atoms with Gasteiger partial charge in [0.05, 0.1) is 5.56 Å². The second-order valence-electron chi connectivity index (χ2n) is 4.78. The van der Waals surface area contributed by atoms with Crippen LogP contribution in [0.15, 0.2) is 18.5 Å². The van der Waals surface area contributed by atoms with E-state index in [4.69, 9.17) is 5.11 Å². The Morgan fingerprint density at radius 1 is 1.56 bits per heavy atom. The average Bonchev–Trinajstić information content (AvgIpc) is 2.77. The number of rotatable bonds is 6. The third-order valence-corrected chi connectivity index (χ3v) is 2.60. The van der Waals surface area contributed by atoms with E-state index in [9.17, 15) is 4.79 Å². The van der Waals surface area contributed by atoms with Crippen molar-refractivity contribution in [1.82, 2.24) is 10.3 Å². The van der Waals surface area contributed by atoms with Crippen molar-refractivity contribution in [3.05, 3.63) is 24.0 Å². The number of aromatic amines is 1. The maximum atomic E-state index is 11.5. The van der Waals surface area contributed by atoms with Gasteiger partial charge in [0.25, 0.3) is 5.91 Å². The van der Waals surface area contributed by atoms with Crippen LogP contribution in [-0.4, -0.2) is 29.1 Å². The SMILES string of the molecule is CC(C)(CO)CCCNC(=O)c1cc[nH]c1. The quantitative estimate of drug-likeness (QED) is 0.642. The van der Waals surface area contributed by atoms with Crippen molar-refractivity contribution in [3.63, 3.8) is 0 Å². The van der Waals surface area contributed by atoms with E-state index in [1.165, 1.54) is 0 Å². The number of carbonyl (C=O) groups excluding carboxylic acids is 1. The molecule has 0 unspecified atom stereocenters. The van der Waals surface area contributed by atoms with Crippen LogP contribution in [-0.2, 0) is 0 Å². The van der Waals surface area contributed by atoms with Gasteiger partial charge in [-0.15, -0.1) is 0 Å². The molecule has 0 bridgehead atoms. The van der Waals surface area contributed by atoms with E-state index in [2.05, 4.69) is 10.3 Å². The van der Waals surface area contributed by atoms with Gasteiger partial charge in [0, 0.05) is 25.5 Å². The van der Waals surface area contributed by atoms with Gasteiger partial charge in [-0.2, -0.15) is 0 Å². The predicted octanol–water partition coefficient (Wildman–Crippen LogP) is 1.54. The van der Waals surface area contributed by atoms with Gasteiger partial charge < -0.3 is 15.4 Å². The van der Waals surface area contributed by atoms with Crippen molar-refractivity contribution in [2.24, 2.45) is 5.41 Å². The number of aromatic nitrogens is 1. The number of hydrogen-bond donors (Lipinski definition) is 3. The lowest BCUT2D eigenvalue weighted by atomic mass is 9.89. The topological polar surface area (TPSA) is 65.1 Å². The Morgan fingerprint density at radius 2 is 2.31 bits per heavy atom. The van der Waals surface area contributed by atoms with Crippen molar-refractivity contribution in [2.45, 2.75) is 26.7 Å². The van der Waals surface area contributed by atoms with E-state index in [-0.39, 0.29) is 17.9 Å². The fourth-order valence-electron chi connectivity index (χ4n) is 1.42. The second kappa shape index (κ2) is 5.70. The molecule has 0 aliphatic heterocycles. The van der Waals surface area contributed by atoms with Gasteiger partial charge in [-0.05, 0) is 24.3 Å². The molecule has 0 saturated heterocycles. The smallest absolute Gasteiger partial charge is 0.252 e. The summed E-state index contributed by atoms with van der Waals surface area (Å²) in [7, 11) is 0. The first-order valence-electron chi connectivity index (χ1n) is 5.57. The van der Waals surface area contributed by atoms with Crippen LogP contribution in [0.25, 0.3) is 0 Å². The molecule has 0 fully saturated rings. The summed E-state index contributed by atoms with van der Waals surface area (Å²) < 4.78 is 0. The minimum atomic E-state index is -0.0567. The van der Waals surface area contributed by atoms with Gasteiger partial charge in [-0.3, -0.25) is 4.79 Å². The lowest BCUT2D eigenvalue weighted by Crippen LogP contribution is -2.26. The van der Waals surface area contributed by atoms with Crippen LogP contribution in [0.2, 0.25) is 0 Å². The van der Waals surface area contributed by atoms with E-state index in [0.29, 0.717) is 12.1 Å². The van der Waals surface area contributed by atoms with Gasteiger partial charge in [-0.25, -0.2) is 0 Å². The number of hydrogen-bond acceptors (Lipinski definition) is 2. The average molecular weight is 224 g/mol. The lowest BCUT2D eigenvalue weighted by molar-refractivity contribution is 0.0948. The first-order valence-corrected chi connectivity index (χ1v) is 5.57. The molecule has 1 rings (SSSR count). The van der Waals surface area contributed by atoms with Crippen LogP contribution in [0.5, 0.6) is 0 Å². The zero-order chi connectivity index (χ0) is 12.0. The molecule has 0 aliphatic carbocycles. The molecular formula is C12H20N2O2. The van der Waals surface area contributed by atoms with E-state index < -0.39 is 0 Å². The van der Waals surface area contributed by atoms with Crippen LogP contribution in [0.4, 0.5) is 0 Å². The largest absolute Gasteiger partial charge is 0.396 e.